The maximum atomic E-state index is 11.4. The number of H-pyrrole nitrogens is 1. The Morgan fingerprint density at radius 1 is 1.61 bits per heavy atom. The van der Waals surface area contributed by atoms with Gasteiger partial charge >= 0.3 is 5.69 Å². The minimum atomic E-state index is -0.296. The van der Waals surface area contributed by atoms with Crippen LogP contribution in [-0.2, 0) is 0 Å². The number of nitrogens with one attached hydrogen (secondary N) is 2. The summed E-state index contributed by atoms with van der Waals surface area (Å²) in [5.41, 5.74) is 0.244. The van der Waals surface area contributed by atoms with E-state index < -0.39 is 0 Å². The molecule has 3 N–H and O–H groups in total. The zero-order valence-corrected chi connectivity index (χ0v) is 10.5. The quantitative estimate of drug-likeness (QED) is 0.710. The third kappa shape index (κ3) is 2.51. The molecule has 1 atom stereocenters. The zero-order chi connectivity index (χ0) is 13.1. The molecule has 0 aliphatic rings. The molecule has 2 aromatic rings. The summed E-state index contributed by atoms with van der Waals surface area (Å²) in [5, 5.41) is 18.8. The van der Waals surface area contributed by atoms with Gasteiger partial charge in [-0.05, 0) is 19.8 Å². The van der Waals surface area contributed by atoms with Crippen LogP contribution in [0, 0.1) is 6.92 Å². The number of fused-ring (bicyclic) bond motifs is 1. The van der Waals surface area contributed by atoms with Crippen LogP contribution in [0.25, 0.3) is 5.65 Å². The summed E-state index contributed by atoms with van der Waals surface area (Å²) in [5.74, 6) is 1.23. The topological polar surface area (TPSA) is 95.3 Å². The first-order chi connectivity index (χ1) is 8.61. The van der Waals surface area contributed by atoms with Gasteiger partial charge in [0.2, 0.25) is 0 Å². The monoisotopic (exact) mass is 251 g/mol. The average Bonchev–Trinajstić information content (AvgIpc) is 2.71. The molecule has 7 heteroatoms. The van der Waals surface area contributed by atoms with Crippen LogP contribution in [-0.4, -0.2) is 37.3 Å². The highest BCUT2D eigenvalue weighted by Crippen LogP contribution is 2.08. The van der Waals surface area contributed by atoms with Crippen molar-refractivity contribution in [3.63, 3.8) is 0 Å². The van der Waals surface area contributed by atoms with Crippen molar-refractivity contribution in [3.8, 4) is 0 Å². The summed E-state index contributed by atoms with van der Waals surface area (Å²) in [6, 6.07) is 1.70. The Morgan fingerprint density at radius 3 is 3.11 bits per heavy atom. The molecule has 7 nitrogen and oxygen atoms in total. The number of aromatic amines is 1. The molecule has 2 heterocycles. The zero-order valence-electron chi connectivity index (χ0n) is 10.5. The van der Waals surface area contributed by atoms with Crippen molar-refractivity contribution >= 4 is 11.5 Å². The number of aliphatic hydroxyl groups excluding tert-OH is 1. The Labute approximate surface area is 104 Å². The van der Waals surface area contributed by atoms with Crippen LogP contribution in [0.15, 0.2) is 10.9 Å². The highest BCUT2D eigenvalue weighted by molar-refractivity contribution is 5.49. The van der Waals surface area contributed by atoms with Gasteiger partial charge in [-0.3, -0.25) is 0 Å². The van der Waals surface area contributed by atoms with E-state index >= 15 is 0 Å². The van der Waals surface area contributed by atoms with E-state index in [-0.39, 0.29) is 11.8 Å². The molecule has 0 saturated heterocycles. The maximum absolute atomic E-state index is 11.4. The van der Waals surface area contributed by atoms with E-state index in [9.17, 15) is 9.90 Å². The van der Waals surface area contributed by atoms with E-state index in [0.717, 1.165) is 6.42 Å². The lowest BCUT2D eigenvalue weighted by atomic mass is 10.2. The van der Waals surface area contributed by atoms with Gasteiger partial charge in [-0.1, -0.05) is 6.92 Å². The van der Waals surface area contributed by atoms with Crippen LogP contribution in [0.5, 0.6) is 0 Å². The fraction of sp³-hybridized carbons (Fsp3) is 0.545. The highest BCUT2D eigenvalue weighted by Gasteiger charge is 2.07. The number of hydrogen-bond acceptors (Lipinski definition) is 5. The Hall–Kier alpha value is -1.89. The predicted octanol–water partition coefficient (Wildman–Crippen LogP) is 0.299. The third-order valence-corrected chi connectivity index (χ3v) is 2.82. The Morgan fingerprint density at radius 2 is 2.39 bits per heavy atom. The minimum Gasteiger partial charge on any atom is -0.393 e. The van der Waals surface area contributed by atoms with Gasteiger partial charge in [0.1, 0.15) is 11.6 Å². The summed E-state index contributed by atoms with van der Waals surface area (Å²) in [6.07, 6.45) is 1.10. The minimum absolute atomic E-state index is 0.289. The molecule has 0 saturated carbocycles. The maximum Gasteiger partial charge on any atom is 0.349 e. The molecule has 0 fully saturated rings. The lowest BCUT2D eigenvalue weighted by molar-refractivity contribution is 0.164. The van der Waals surface area contributed by atoms with Crippen LogP contribution in [0.4, 0.5) is 5.82 Å². The van der Waals surface area contributed by atoms with Crippen molar-refractivity contribution in [2.45, 2.75) is 32.8 Å². The first-order valence-electron chi connectivity index (χ1n) is 5.98. The van der Waals surface area contributed by atoms with Crippen LogP contribution < -0.4 is 11.0 Å². The second-order valence-corrected chi connectivity index (χ2v) is 4.19. The fourth-order valence-electron chi connectivity index (χ4n) is 1.76. The molecular weight excluding hydrogens is 234 g/mol. The van der Waals surface area contributed by atoms with Gasteiger partial charge in [-0.15, -0.1) is 0 Å². The van der Waals surface area contributed by atoms with E-state index in [0.29, 0.717) is 30.3 Å². The van der Waals surface area contributed by atoms with Gasteiger partial charge in [0.25, 0.3) is 0 Å². The van der Waals surface area contributed by atoms with Crippen molar-refractivity contribution in [1.29, 1.82) is 0 Å². The largest absolute Gasteiger partial charge is 0.393 e. The normalized spacial score (nSPS) is 12.8. The molecule has 1 unspecified atom stereocenters. The second-order valence-electron chi connectivity index (χ2n) is 4.19. The number of aromatic nitrogens is 4. The Kier molecular flexibility index (Phi) is 3.61. The summed E-state index contributed by atoms with van der Waals surface area (Å²) >= 11 is 0. The van der Waals surface area contributed by atoms with Crippen molar-refractivity contribution in [3.05, 3.63) is 22.4 Å². The van der Waals surface area contributed by atoms with Gasteiger partial charge in [0.15, 0.2) is 5.65 Å². The lowest BCUT2D eigenvalue weighted by Gasteiger charge is -2.09. The molecule has 0 aliphatic heterocycles. The first kappa shape index (κ1) is 12.6. The molecule has 98 valence electrons. The van der Waals surface area contributed by atoms with Crippen molar-refractivity contribution in [2.75, 3.05) is 11.9 Å². The number of nitrogens with zero attached hydrogens (tertiary/aromatic N) is 3. The van der Waals surface area contributed by atoms with Gasteiger partial charge in [0, 0.05) is 12.6 Å². The fourth-order valence-corrected chi connectivity index (χ4v) is 1.76. The summed E-state index contributed by atoms with van der Waals surface area (Å²) in [6.45, 7) is 4.32. The van der Waals surface area contributed by atoms with Crippen molar-refractivity contribution < 1.29 is 5.11 Å². The van der Waals surface area contributed by atoms with Crippen LogP contribution in [0.2, 0.25) is 0 Å². The van der Waals surface area contributed by atoms with E-state index in [1.165, 1.54) is 4.40 Å². The predicted molar refractivity (Wildman–Crippen MR) is 67.7 cm³/mol. The number of rotatable bonds is 5. The summed E-state index contributed by atoms with van der Waals surface area (Å²) in [4.78, 5) is 15.7. The van der Waals surface area contributed by atoms with E-state index in [1.54, 1.807) is 13.0 Å². The second kappa shape index (κ2) is 5.18. The molecule has 0 aliphatic carbocycles. The Balaban J connectivity index is 2.13. The molecule has 18 heavy (non-hydrogen) atoms. The lowest BCUT2D eigenvalue weighted by Crippen LogP contribution is -2.16. The summed E-state index contributed by atoms with van der Waals surface area (Å²) in [7, 11) is 0. The van der Waals surface area contributed by atoms with Crippen LogP contribution in [0.1, 0.15) is 25.6 Å². The number of aryl methyl sites for hydroxylation is 1. The van der Waals surface area contributed by atoms with Crippen molar-refractivity contribution in [2.24, 2.45) is 0 Å². The van der Waals surface area contributed by atoms with E-state index in [1.807, 2.05) is 6.92 Å². The smallest absolute Gasteiger partial charge is 0.349 e. The van der Waals surface area contributed by atoms with Crippen LogP contribution >= 0.6 is 0 Å². The molecule has 2 aromatic heterocycles. The number of anilines is 1. The first-order valence-corrected chi connectivity index (χ1v) is 5.98. The van der Waals surface area contributed by atoms with Gasteiger partial charge in [-0.2, -0.15) is 5.10 Å². The molecule has 2 rings (SSSR count). The van der Waals surface area contributed by atoms with Gasteiger partial charge in [-0.25, -0.2) is 19.3 Å². The van der Waals surface area contributed by atoms with Gasteiger partial charge in [0.05, 0.1) is 6.10 Å². The van der Waals surface area contributed by atoms with Crippen molar-refractivity contribution in [1.82, 2.24) is 19.6 Å². The summed E-state index contributed by atoms with van der Waals surface area (Å²) < 4.78 is 1.41. The number of hydrogen-bond donors (Lipinski definition) is 3. The standard InChI is InChI=1S/C11H17N5O2/c1-3-8(17)4-5-12-9-6-10-14-15-11(18)16(10)7(2)13-9/h6,8,12,17H,3-5H2,1-2H3,(H,15,18). The molecule has 0 bridgehead atoms. The highest BCUT2D eigenvalue weighted by atomic mass is 16.3. The number of aliphatic hydroxyl groups is 1. The third-order valence-electron chi connectivity index (χ3n) is 2.82. The molecule has 0 radical (unpaired) electrons. The van der Waals surface area contributed by atoms with E-state index in [2.05, 4.69) is 20.5 Å². The Bertz CT molecular complexity index is 589. The molecule has 0 spiro atoms. The SMILES string of the molecule is CCC(O)CCNc1cc2n[nH]c(=O)n2c(C)n1. The average molecular weight is 251 g/mol. The van der Waals surface area contributed by atoms with E-state index in [4.69, 9.17) is 0 Å². The van der Waals surface area contributed by atoms with Crippen LogP contribution in [0.3, 0.4) is 0 Å². The molecule has 0 amide bonds. The molecular formula is C11H17N5O2. The molecule has 0 aromatic carbocycles. The van der Waals surface area contributed by atoms with Gasteiger partial charge < -0.3 is 10.4 Å².